The number of hydrogen-bond acceptors (Lipinski definition) is 5. The number of benzene rings is 2. The van der Waals surface area contributed by atoms with Gasteiger partial charge in [0.1, 0.15) is 11.9 Å². The Balaban J connectivity index is 2.21. The van der Waals surface area contributed by atoms with Crippen molar-refractivity contribution in [3.8, 4) is 0 Å². The number of carbonyl (C=O) groups excluding carboxylic acids is 2. The largest absolute Gasteiger partial charge is 0.349 e. The first kappa shape index (κ1) is 21.6. The first-order valence-corrected chi connectivity index (χ1v) is 10.2. The highest BCUT2D eigenvalue weighted by atomic mass is 32.1. The molecule has 0 saturated heterocycles. The molecule has 156 valence electrons. The molecule has 0 aliphatic rings. The SMILES string of the molecule is Cc1cccc(N(C(=O)c2csnn2)[C@H](C(=O)NC(C)(C)C)c2ccccc2F)c1. The summed E-state index contributed by atoms with van der Waals surface area (Å²) in [5.74, 6) is -1.61. The van der Waals surface area contributed by atoms with Crippen LogP contribution in [0.1, 0.15) is 48.4 Å². The van der Waals surface area contributed by atoms with Gasteiger partial charge in [-0.3, -0.25) is 14.5 Å². The molecule has 0 bridgehead atoms. The summed E-state index contributed by atoms with van der Waals surface area (Å²) in [7, 11) is 0. The third kappa shape index (κ3) is 4.88. The van der Waals surface area contributed by atoms with E-state index in [1.807, 2.05) is 33.8 Å². The minimum absolute atomic E-state index is 0.0893. The van der Waals surface area contributed by atoms with Crippen LogP contribution in [-0.2, 0) is 4.79 Å². The molecule has 0 unspecified atom stereocenters. The lowest BCUT2D eigenvalue weighted by molar-refractivity contribution is -0.124. The molecule has 2 aromatic carbocycles. The monoisotopic (exact) mass is 426 g/mol. The summed E-state index contributed by atoms with van der Waals surface area (Å²) in [5, 5.41) is 8.25. The fourth-order valence-electron chi connectivity index (χ4n) is 3.07. The Morgan fingerprint density at radius 2 is 1.87 bits per heavy atom. The summed E-state index contributed by atoms with van der Waals surface area (Å²) in [4.78, 5) is 28.1. The molecule has 0 aliphatic heterocycles. The Morgan fingerprint density at radius 1 is 1.13 bits per heavy atom. The van der Waals surface area contributed by atoms with Gasteiger partial charge in [0.2, 0.25) is 5.91 Å². The molecule has 0 radical (unpaired) electrons. The zero-order valence-corrected chi connectivity index (χ0v) is 18.0. The van der Waals surface area contributed by atoms with Gasteiger partial charge in [-0.05, 0) is 63.0 Å². The Bertz CT molecular complexity index is 1050. The Kier molecular flexibility index (Phi) is 6.26. The number of rotatable bonds is 5. The second kappa shape index (κ2) is 8.71. The topological polar surface area (TPSA) is 75.2 Å². The molecular weight excluding hydrogens is 403 g/mol. The Labute approximate surface area is 178 Å². The summed E-state index contributed by atoms with van der Waals surface area (Å²) in [6.45, 7) is 7.36. The van der Waals surface area contributed by atoms with E-state index in [1.165, 1.54) is 22.4 Å². The molecule has 1 heterocycles. The van der Waals surface area contributed by atoms with Gasteiger partial charge in [-0.2, -0.15) is 0 Å². The fraction of sp³-hybridized carbons (Fsp3) is 0.273. The second-order valence-electron chi connectivity index (χ2n) is 7.97. The summed E-state index contributed by atoms with van der Waals surface area (Å²) in [5.41, 5.74) is 0.962. The molecule has 1 atom stereocenters. The van der Waals surface area contributed by atoms with Crippen molar-refractivity contribution in [2.45, 2.75) is 39.3 Å². The number of carbonyl (C=O) groups is 2. The predicted molar refractivity (Wildman–Crippen MR) is 115 cm³/mol. The van der Waals surface area contributed by atoms with Crippen molar-refractivity contribution in [2.75, 3.05) is 4.90 Å². The van der Waals surface area contributed by atoms with Crippen molar-refractivity contribution in [3.63, 3.8) is 0 Å². The lowest BCUT2D eigenvalue weighted by Gasteiger charge is -2.33. The summed E-state index contributed by atoms with van der Waals surface area (Å²) < 4.78 is 18.6. The molecule has 8 heteroatoms. The van der Waals surface area contributed by atoms with Gasteiger partial charge < -0.3 is 5.32 Å². The Hall–Kier alpha value is -3.13. The molecule has 0 fully saturated rings. The fourth-order valence-corrected chi connectivity index (χ4v) is 3.51. The number of aryl methyl sites for hydroxylation is 1. The van der Waals surface area contributed by atoms with Crippen LogP contribution < -0.4 is 10.2 Å². The van der Waals surface area contributed by atoms with Gasteiger partial charge in [0.05, 0.1) is 0 Å². The maximum atomic E-state index is 14.9. The van der Waals surface area contributed by atoms with Crippen LogP contribution in [0.5, 0.6) is 0 Å². The number of amides is 2. The van der Waals surface area contributed by atoms with E-state index in [0.717, 1.165) is 17.1 Å². The molecule has 0 aliphatic carbocycles. The third-order valence-corrected chi connectivity index (χ3v) is 4.79. The molecular formula is C22H23FN4O2S. The molecule has 1 aromatic heterocycles. The van der Waals surface area contributed by atoms with Crippen molar-refractivity contribution in [3.05, 3.63) is 76.5 Å². The molecule has 0 saturated carbocycles. The van der Waals surface area contributed by atoms with Gasteiger partial charge >= 0.3 is 0 Å². The van der Waals surface area contributed by atoms with E-state index in [2.05, 4.69) is 14.9 Å². The van der Waals surface area contributed by atoms with Crippen molar-refractivity contribution >= 4 is 29.0 Å². The lowest BCUT2D eigenvalue weighted by atomic mass is 9.99. The maximum Gasteiger partial charge on any atom is 0.280 e. The summed E-state index contributed by atoms with van der Waals surface area (Å²) >= 11 is 1.03. The second-order valence-corrected chi connectivity index (χ2v) is 8.58. The summed E-state index contributed by atoms with van der Waals surface area (Å²) in [6, 6.07) is 11.9. The lowest BCUT2D eigenvalue weighted by Crippen LogP contribution is -2.49. The van der Waals surface area contributed by atoms with Gasteiger partial charge in [-0.1, -0.05) is 34.8 Å². The molecule has 30 heavy (non-hydrogen) atoms. The zero-order chi connectivity index (χ0) is 21.9. The van der Waals surface area contributed by atoms with Crippen LogP contribution >= 0.6 is 11.5 Å². The minimum Gasteiger partial charge on any atom is -0.349 e. The van der Waals surface area contributed by atoms with Crippen LogP contribution in [0.4, 0.5) is 10.1 Å². The highest BCUT2D eigenvalue weighted by Crippen LogP contribution is 2.32. The first-order valence-electron chi connectivity index (χ1n) is 9.41. The van der Waals surface area contributed by atoms with Crippen molar-refractivity contribution < 1.29 is 14.0 Å². The number of nitrogens with zero attached hydrogens (tertiary/aromatic N) is 3. The average molecular weight is 427 g/mol. The van der Waals surface area contributed by atoms with Gasteiger partial charge in [-0.15, -0.1) is 5.10 Å². The number of halogens is 1. The van der Waals surface area contributed by atoms with Gasteiger partial charge in [0, 0.05) is 22.2 Å². The molecule has 6 nitrogen and oxygen atoms in total. The van der Waals surface area contributed by atoms with Crippen LogP contribution in [0, 0.1) is 12.7 Å². The molecule has 0 spiro atoms. The van der Waals surface area contributed by atoms with Crippen LogP contribution in [0.15, 0.2) is 53.9 Å². The van der Waals surface area contributed by atoms with E-state index in [4.69, 9.17) is 0 Å². The smallest absolute Gasteiger partial charge is 0.280 e. The highest BCUT2D eigenvalue weighted by molar-refractivity contribution is 7.03. The molecule has 3 rings (SSSR count). The average Bonchev–Trinajstić information content (AvgIpc) is 3.19. The number of nitrogens with one attached hydrogen (secondary N) is 1. The van der Waals surface area contributed by atoms with E-state index in [-0.39, 0.29) is 11.3 Å². The molecule has 3 aromatic rings. The van der Waals surface area contributed by atoms with E-state index in [0.29, 0.717) is 5.69 Å². The van der Waals surface area contributed by atoms with E-state index >= 15 is 0 Å². The van der Waals surface area contributed by atoms with Crippen molar-refractivity contribution in [1.82, 2.24) is 14.9 Å². The highest BCUT2D eigenvalue weighted by Gasteiger charge is 2.37. The van der Waals surface area contributed by atoms with Crippen molar-refractivity contribution in [2.24, 2.45) is 0 Å². The number of hydrogen-bond donors (Lipinski definition) is 1. The minimum atomic E-state index is -1.23. The maximum absolute atomic E-state index is 14.9. The van der Waals surface area contributed by atoms with Crippen LogP contribution in [0.2, 0.25) is 0 Å². The van der Waals surface area contributed by atoms with E-state index in [9.17, 15) is 14.0 Å². The Morgan fingerprint density at radius 3 is 2.47 bits per heavy atom. The van der Waals surface area contributed by atoms with Crippen LogP contribution in [-0.4, -0.2) is 26.9 Å². The third-order valence-electron chi connectivity index (χ3n) is 4.28. The van der Waals surface area contributed by atoms with Gasteiger partial charge in [0.15, 0.2) is 5.69 Å². The first-order chi connectivity index (χ1) is 14.2. The number of anilines is 1. The molecule has 2 amide bonds. The normalized spacial score (nSPS) is 12.3. The standard InChI is InChI=1S/C22H23FN4O2S/c1-14-8-7-9-15(12-14)27(21(29)18-13-30-26-25-18)19(20(28)24-22(2,3)4)16-10-5-6-11-17(16)23/h5-13,19H,1-4H3,(H,24,28)/t19-/m0/s1. The predicted octanol–water partition coefficient (Wildman–Crippen LogP) is 4.29. The number of aromatic nitrogens is 2. The van der Waals surface area contributed by atoms with Crippen molar-refractivity contribution in [1.29, 1.82) is 0 Å². The quantitative estimate of drug-likeness (QED) is 0.660. The van der Waals surface area contributed by atoms with Gasteiger partial charge in [-0.25, -0.2) is 4.39 Å². The molecule has 1 N–H and O–H groups in total. The van der Waals surface area contributed by atoms with Crippen LogP contribution in [0.3, 0.4) is 0 Å². The summed E-state index contributed by atoms with van der Waals surface area (Å²) in [6.07, 6.45) is 0. The van der Waals surface area contributed by atoms with Crippen LogP contribution in [0.25, 0.3) is 0 Å². The zero-order valence-electron chi connectivity index (χ0n) is 17.2. The van der Waals surface area contributed by atoms with Gasteiger partial charge in [0.25, 0.3) is 5.91 Å². The van der Waals surface area contributed by atoms with E-state index < -0.39 is 29.2 Å². The van der Waals surface area contributed by atoms with E-state index in [1.54, 1.807) is 30.3 Å².